The van der Waals surface area contributed by atoms with E-state index in [4.69, 9.17) is 4.74 Å². The standard InChI is InChI=1S/C25H34O5S/c1-3-12-25(13-5-14-25)23(28)7-4-6-19-20(22(27)15-21(19)26)16-31-18-10-8-17(9-11-18)24(29)30-2/h4,6,8-11,19-21,23,26,28H,3,5,7,12-16H2,1-2H3/b6-4+/t19-,20-,21-,23?/m1/s1. The summed E-state index contributed by atoms with van der Waals surface area (Å²) < 4.78 is 4.71. The third-order valence-electron chi connectivity index (χ3n) is 6.96. The average molecular weight is 447 g/mol. The van der Waals surface area contributed by atoms with Gasteiger partial charge in [0.05, 0.1) is 24.9 Å². The van der Waals surface area contributed by atoms with Crippen molar-refractivity contribution in [1.29, 1.82) is 0 Å². The minimum Gasteiger partial charge on any atom is -0.465 e. The molecular weight excluding hydrogens is 412 g/mol. The van der Waals surface area contributed by atoms with E-state index in [1.54, 1.807) is 23.9 Å². The lowest BCUT2D eigenvalue weighted by Crippen LogP contribution is -2.41. The topological polar surface area (TPSA) is 83.8 Å². The summed E-state index contributed by atoms with van der Waals surface area (Å²) in [5, 5.41) is 21.1. The summed E-state index contributed by atoms with van der Waals surface area (Å²) in [5.41, 5.74) is 0.556. The number of ether oxygens (including phenoxy) is 1. The number of aliphatic hydroxyl groups excluding tert-OH is 2. The van der Waals surface area contributed by atoms with E-state index in [1.165, 1.54) is 13.5 Å². The maximum Gasteiger partial charge on any atom is 0.337 e. The van der Waals surface area contributed by atoms with Gasteiger partial charge in [-0.1, -0.05) is 31.9 Å². The molecule has 0 spiro atoms. The molecule has 31 heavy (non-hydrogen) atoms. The van der Waals surface area contributed by atoms with Crippen LogP contribution in [0.3, 0.4) is 0 Å². The number of benzene rings is 1. The maximum atomic E-state index is 12.5. The second-order valence-corrected chi connectivity index (χ2v) is 9.99. The number of aliphatic hydroxyl groups is 2. The fourth-order valence-electron chi connectivity index (χ4n) is 4.93. The van der Waals surface area contributed by atoms with Crippen LogP contribution >= 0.6 is 11.8 Å². The number of hydrogen-bond acceptors (Lipinski definition) is 6. The second kappa shape index (κ2) is 10.8. The first kappa shape index (κ1) is 24.0. The Morgan fingerprint density at radius 1 is 1.32 bits per heavy atom. The molecule has 1 aromatic carbocycles. The number of methoxy groups -OCH3 is 1. The van der Waals surface area contributed by atoms with Crippen molar-refractivity contribution in [3.05, 3.63) is 42.0 Å². The first-order valence-corrected chi connectivity index (χ1v) is 12.3. The predicted octanol–water partition coefficient (Wildman–Crippen LogP) is 4.41. The molecule has 2 aliphatic carbocycles. The number of ketones is 1. The molecule has 0 radical (unpaired) electrons. The van der Waals surface area contributed by atoms with Crippen molar-refractivity contribution >= 4 is 23.5 Å². The van der Waals surface area contributed by atoms with Crippen LogP contribution in [0.1, 0.15) is 62.2 Å². The summed E-state index contributed by atoms with van der Waals surface area (Å²) >= 11 is 1.55. The van der Waals surface area contributed by atoms with Gasteiger partial charge in [0.25, 0.3) is 0 Å². The van der Waals surface area contributed by atoms with Crippen LogP contribution in [0.5, 0.6) is 0 Å². The molecule has 6 heteroatoms. The molecule has 0 bridgehead atoms. The van der Waals surface area contributed by atoms with Crippen LogP contribution in [0.2, 0.25) is 0 Å². The van der Waals surface area contributed by atoms with Crippen molar-refractivity contribution in [1.82, 2.24) is 0 Å². The van der Waals surface area contributed by atoms with Crippen molar-refractivity contribution in [2.75, 3.05) is 12.9 Å². The minimum absolute atomic E-state index is 0.0643. The van der Waals surface area contributed by atoms with E-state index in [9.17, 15) is 19.8 Å². The third-order valence-corrected chi connectivity index (χ3v) is 8.09. The largest absolute Gasteiger partial charge is 0.465 e. The van der Waals surface area contributed by atoms with Gasteiger partial charge >= 0.3 is 5.97 Å². The lowest BCUT2D eigenvalue weighted by Gasteiger charge is -2.45. The lowest BCUT2D eigenvalue weighted by atomic mass is 9.62. The Bertz CT molecular complexity index is 784. The van der Waals surface area contributed by atoms with Gasteiger partial charge in [0, 0.05) is 28.9 Å². The van der Waals surface area contributed by atoms with Crippen LogP contribution in [0, 0.1) is 17.3 Å². The zero-order valence-electron chi connectivity index (χ0n) is 18.5. The summed E-state index contributed by atoms with van der Waals surface area (Å²) in [7, 11) is 1.35. The molecule has 1 unspecified atom stereocenters. The highest BCUT2D eigenvalue weighted by Gasteiger charge is 2.42. The van der Waals surface area contributed by atoms with Crippen molar-refractivity contribution in [2.45, 2.75) is 69.0 Å². The first-order chi connectivity index (χ1) is 14.9. The van der Waals surface area contributed by atoms with E-state index >= 15 is 0 Å². The molecule has 0 amide bonds. The third kappa shape index (κ3) is 5.60. The monoisotopic (exact) mass is 446 g/mol. The zero-order chi connectivity index (χ0) is 22.4. The Balaban J connectivity index is 1.57. The molecule has 0 saturated heterocycles. The molecule has 3 rings (SSSR count). The Hall–Kier alpha value is -1.63. The number of carbonyl (C=O) groups excluding carboxylic acids is 2. The van der Waals surface area contributed by atoms with E-state index < -0.39 is 6.10 Å². The Labute approximate surface area is 189 Å². The van der Waals surface area contributed by atoms with Gasteiger partial charge in [-0.2, -0.15) is 0 Å². The van der Waals surface area contributed by atoms with Gasteiger partial charge in [-0.15, -0.1) is 11.8 Å². The van der Waals surface area contributed by atoms with Crippen LogP contribution in [-0.4, -0.2) is 47.0 Å². The quantitative estimate of drug-likeness (QED) is 0.315. The normalized spacial score (nSPS) is 26.1. The fraction of sp³-hybridized carbons (Fsp3) is 0.600. The van der Waals surface area contributed by atoms with Gasteiger partial charge < -0.3 is 14.9 Å². The Morgan fingerprint density at radius 3 is 2.61 bits per heavy atom. The highest BCUT2D eigenvalue weighted by Crippen LogP contribution is 2.48. The maximum absolute atomic E-state index is 12.5. The summed E-state index contributed by atoms with van der Waals surface area (Å²) in [6, 6.07) is 7.12. The average Bonchev–Trinajstić information content (AvgIpc) is 3.01. The molecule has 0 heterocycles. The van der Waals surface area contributed by atoms with Crippen LogP contribution in [-0.2, 0) is 9.53 Å². The highest BCUT2D eigenvalue weighted by atomic mass is 32.2. The fourth-order valence-corrected chi connectivity index (χ4v) is 6.04. The number of rotatable bonds is 10. The predicted molar refractivity (Wildman–Crippen MR) is 122 cm³/mol. The van der Waals surface area contributed by atoms with Crippen LogP contribution in [0.15, 0.2) is 41.3 Å². The highest BCUT2D eigenvalue weighted by molar-refractivity contribution is 7.99. The van der Waals surface area contributed by atoms with E-state index in [1.807, 2.05) is 24.3 Å². The number of hydrogen-bond donors (Lipinski definition) is 2. The second-order valence-electron chi connectivity index (χ2n) is 8.89. The lowest BCUT2D eigenvalue weighted by molar-refractivity contribution is -0.120. The summed E-state index contributed by atoms with van der Waals surface area (Å²) in [4.78, 5) is 25.0. The van der Waals surface area contributed by atoms with E-state index in [2.05, 4.69) is 6.92 Å². The van der Waals surface area contributed by atoms with Gasteiger partial charge in [-0.05, 0) is 55.4 Å². The molecule has 1 aromatic rings. The Kier molecular flexibility index (Phi) is 8.36. The van der Waals surface area contributed by atoms with E-state index in [0.717, 1.165) is 30.6 Å². The van der Waals surface area contributed by atoms with Gasteiger partial charge in [-0.25, -0.2) is 4.79 Å². The molecular formula is C25H34O5S. The smallest absolute Gasteiger partial charge is 0.337 e. The van der Waals surface area contributed by atoms with Crippen molar-refractivity contribution in [3.63, 3.8) is 0 Å². The first-order valence-electron chi connectivity index (χ1n) is 11.3. The van der Waals surface area contributed by atoms with Crippen LogP contribution in [0.4, 0.5) is 0 Å². The van der Waals surface area contributed by atoms with E-state index in [0.29, 0.717) is 17.7 Å². The van der Waals surface area contributed by atoms with Crippen molar-refractivity contribution in [2.24, 2.45) is 17.3 Å². The molecule has 5 nitrogen and oxygen atoms in total. The summed E-state index contributed by atoms with van der Waals surface area (Å²) in [5.74, 6) is -0.180. The molecule has 2 saturated carbocycles. The van der Waals surface area contributed by atoms with E-state index in [-0.39, 0.29) is 41.5 Å². The zero-order valence-corrected chi connectivity index (χ0v) is 19.3. The van der Waals surface area contributed by atoms with Gasteiger partial charge in [0.15, 0.2) is 0 Å². The van der Waals surface area contributed by atoms with Crippen LogP contribution < -0.4 is 0 Å². The molecule has 0 aromatic heterocycles. The number of Topliss-reactive ketones (excluding diaryl/α,β-unsaturated/α-hetero) is 1. The molecule has 2 N–H and O–H groups in total. The summed E-state index contributed by atoms with van der Waals surface area (Å²) in [6.45, 7) is 2.16. The number of carbonyl (C=O) groups is 2. The SMILES string of the molecule is CCCC1(C(O)C/C=C/[C@H]2[C@H](O)CC(=O)[C@@H]2CSc2ccc(C(=O)OC)cc2)CCC1. The molecule has 170 valence electrons. The number of thioether (sulfide) groups is 1. The molecule has 2 aliphatic rings. The van der Waals surface area contributed by atoms with Crippen molar-refractivity contribution in [3.8, 4) is 0 Å². The summed E-state index contributed by atoms with van der Waals surface area (Å²) in [6.07, 6.45) is 9.17. The van der Waals surface area contributed by atoms with Gasteiger partial charge in [0.2, 0.25) is 0 Å². The Morgan fingerprint density at radius 2 is 2.03 bits per heavy atom. The molecule has 0 aliphatic heterocycles. The van der Waals surface area contributed by atoms with Crippen molar-refractivity contribution < 1.29 is 24.5 Å². The van der Waals surface area contributed by atoms with Gasteiger partial charge in [-0.3, -0.25) is 4.79 Å². The van der Waals surface area contributed by atoms with Crippen LogP contribution in [0.25, 0.3) is 0 Å². The number of esters is 1. The minimum atomic E-state index is -0.665. The molecule has 2 fully saturated rings. The van der Waals surface area contributed by atoms with Gasteiger partial charge in [0.1, 0.15) is 5.78 Å². The molecule has 4 atom stereocenters.